The zero-order valence-corrected chi connectivity index (χ0v) is 7.17. The second-order valence-corrected chi connectivity index (χ2v) is 2.68. The van der Waals surface area contributed by atoms with Crippen LogP contribution >= 0.6 is 0 Å². The molecule has 0 amide bonds. The second kappa shape index (κ2) is 6.54. The van der Waals surface area contributed by atoms with E-state index in [-0.39, 0.29) is 18.8 Å². The normalized spacial score (nSPS) is 29.5. The molecule has 4 N–H and O–H groups in total. The third-order valence-corrected chi connectivity index (χ3v) is 1.42. The van der Waals surface area contributed by atoms with Crippen molar-refractivity contribution in [1.82, 2.24) is 10.6 Å². The van der Waals surface area contributed by atoms with Gasteiger partial charge in [-0.2, -0.15) is 0 Å². The van der Waals surface area contributed by atoms with Crippen LogP contribution in [0.1, 0.15) is 6.42 Å². The second-order valence-electron chi connectivity index (χ2n) is 2.68. The fourth-order valence-corrected chi connectivity index (χ4v) is 0.937. The van der Waals surface area contributed by atoms with Gasteiger partial charge in [-0.15, -0.1) is 0 Å². The van der Waals surface area contributed by atoms with Crippen molar-refractivity contribution in [3.63, 3.8) is 0 Å². The molecule has 0 aromatic carbocycles. The Kier molecular flexibility index (Phi) is 6.45. The first-order chi connectivity index (χ1) is 5.24. The van der Waals surface area contributed by atoms with E-state index < -0.39 is 0 Å². The summed E-state index contributed by atoms with van der Waals surface area (Å²) in [5.74, 6) is 0. The van der Waals surface area contributed by atoms with Gasteiger partial charge in [0.05, 0.1) is 12.7 Å². The summed E-state index contributed by atoms with van der Waals surface area (Å²) in [5, 5.41) is 23.1. The molecule has 1 aliphatic rings. The van der Waals surface area contributed by atoms with Crippen molar-refractivity contribution >= 4 is 0 Å². The Balaban J connectivity index is 0.000000292. The van der Waals surface area contributed by atoms with Crippen molar-refractivity contribution < 1.29 is 10.2 Å². The van der Waals surface area contributed by atoms with Gasteiger partial charge in [-0.1, -0.05) is 0 Å². The summed E-state index contributed by atoms with van der Waals surface area (Å²) >= 11 is 0. The molecule has 0 spiro atoms. The van der Waals surface area contributed by atoms with Gasteiger partial charge in [-0.25, -0.2) is 0 Å². The molecule has 1 saturated heterocycles. The van der Waals surface area contributed by atoms with Gasteiger partial charge >= 0.3 is 0 Å². The summed E-state index contributed by atoms with van der Waals surface area (Å²) in [4.78, 5) is 0. The monoisotopic (exact) mass is 162 g/mol. The van der Waals surface area contributed by atoms with Crippen LogP contribution in [-0.2, 0) is 0 Å². The van der Waals surface area contributed by atoms with Crippen LogP contribution in [0.3, 0.4) is 0 Å². The van der Waals surface area contributed by atoms with E-state index >= 15 is 0 Å². The molecule has 1 rings (SSSR count). The molecule has 0 aliphatic carbocycles. The molecule has 1 fully saturated rings. The predicted octanol–water partition coefficient (Wildman–Crippen LogP) is -1.46. The molecule has 0 radical (unpaired) electrons. The van der Waals surface area contributed by atoms with Gasteiger partial charge in [0.15, 0.2) is 0 Å². The SMILES string of the molecule is CNC.OCC1CC(O)CN1. The summed E-state index contributed by atoms with van der Waals surface area (Å²) < 4.78 is 0. The third kappa shape index (κ3) is 5.15. The van der Waals surface area contributed by atoms with Gasteiger partial charge in [-0.3, -0.25) is 0 Å². The van der Waals surface area contributed by atoms with Crippen molar-refractivity contribution in [2.24, 2.45) is 0 Å². The van der Waals surface area contributed by atoms with Gasteiger partial charge in [0.25, 0.3) is 0 Å². The minimum absolute atomic E-state index is 0.130. The van der Waals surface area contributed by atoms with Crippen LogP contribution in [0.25, 0.3) is 0 Å². The quantitative estimate of drug-likeness (QED) is 0.380. The van der Waals surface area contributed by atoms with E-state index in [1.165, 1.54) is 0 Å². The largest absolute Gasteiger partial charge is 0.395 e. The molecule has 68 valence electrons. The maximum absolute atomic E-state index is 8.86. The predicted molar refractivity (Wildman–Crippen MR) is 44.5 cm³/mol. The smallest absolute Gasteiger partial charge is 0.0680 e. The highest BCUT2D eigenvalue weighted by Gasteiger charge is 2.20. The molecule has 0 aromatic heterocycles. The Bertz CT molecular complexity index is 90.5. The van der Waals surface area contributed by atoms with Crippen LogP contribution in [-0.4, -0.2) is 49.6 Å². The first kappa shape index (κ1) is 10.8. The fraction of sp³-hybridized carbons (Fsp3) is 1.00. The maximum atomic E-state index is 8.86. The molecule has 11 heavy (non-hydrogen) atoms. The lowest BCUT2D eigenvalue weighted by molar-refractivity contribution is 0.184. The zero-order valence-electron chi connectivity index (χ0n) is 7.17. The van der Waals surface area contributed by atoms with Crippen LogP contribution < -0.4 is 10.6 Å². The molecule has 0 bridgehead atoms. The summed E-state index contributed by atoms with van der Waals surface area (Å²) in [6.07, 6.45) is 0.448. The minimum atomic E-state index is -0.243. The molecule has 4 nitrogen and oxygen atoms in total. The molecule has 1 aliphatic heterocycles. The molecule has 2 unspecified atom stereocenters. The highest BCUT2D eigenvalue weighted by atomic mass is 16.3. The van der Waals surface area contributed by atoms with Crippen LogP contribution in [0.4, 0.5) is 0 Å². The van der Waals surface area contributed by atoms with E-state index in [1.807, 2.05) is 14.1 Å². The minimum Gasteiger partial charge on any atom is -0.395 e. The lowest BCUT2D eigenvalue weighted by atomic mass is 10.2. The van der Waals surface area contributed by atoms with Crippen LogP contribution in [0.5, 0.6) is 0 Å². The van der Waals surface area contributed by atoms with Crippen molar-refractivity contribution in [1.29, 1.82) is 0 Å². The number of nitrogens with one attached hydrogen (secondary N) is 2. The van der Waals surface area contributed by atoms with E-state index in [1.54, 1.807) is 0 Å². The summed E-state index contributed by atoms with van der Waals surface area (Å²) in [5.41, 5.74) is 0. The average Bonchev–Trinajstić information content (AvgIpc) is 2.37. The zero-order chi connectivity index (χ0) is 8.69. The fourth-order valence-electron chi connectivity index (χ4n) is 0.937. The van der Waals surface area contributed by atoms with E-state index in [0.29, 0.717) is 13.0 Å². The average molecular weight is 162 g/mol. The number of β-amino-alcohol motifs (C(OH)–C–C–N with tert-alkyl or cyclic N) is 1. The molecule has 4 heteroatoms. The van der Waals surface area contributed by atoms with Gasteiger partial charge in [-0.05, 0) is 20.5 Å². The molecule has 2 atom stereocenters. The van der Waals surface area contributed by atoms with Crippen molar-refractivity contribution in [3.8, 4) is 0 Å². The Labute approximate surface area is 67.6 Å². The van der Waals surface area contributed by atoms with Gasteiger partial charge in [0.2, 0.25) is 0 Å². The summed E-state index contributed by atoms with van der Waals surface area (Å²) in [6, 6.07) is 0.130. The number of hydrogen-bond donors (Lipinski definition) is 4. The van der Waals surface area contributed by atoms with Gasteiger partial charge in [0.1, 0.15) is 0 Å². The molecule has 0 saturated carbocycles. The first-order valence-electron chi connectivity index (χ1n) is 3.85. The van der Waals surface area contributed by atoms with Crippen molar-refractivity contribution in [3.05, 3.63) is 0 Å². The Morgan fingerprint density at radius 2 is 2.09 bits per heavy atom. The van der Waals surface area contributed by atoms with E-state index in [0.717, 1.165) is 0 Å². The molecule has 0 aromatic rings. The van der Waals surface area contributed by atoms with Crippen LogP contribution in [0.2, 0.25) is 0 Å². The highest BCUT2D eigenvalue weighted by Crippen LogP contribution is 2.03. The van der Waals surface area contributed by atoms with Gasteiger partial charge in [0, 0.05) is 12.6 Å². The van der Waals surface area contributed by atoms with E-state index in [2.05, 4.69) is 10.6 Å². The molecular formula is C7H18N2O2. The standard InChI is InChI=1S/C5H11NO2.C2H7N/c7-3-4-1-5(8)2-6-4;1-3-2/h4-8H,1-3H2;3H,1-2H3. The van der Waals surface area contributed by atoms with Crippen LogP contribution in [0.15, 0.2) is 0 Å². The van der Waals surface area contributed by atoms with Gasteiger partial charge < -0.3 is 20.8 Å². The molecular weight excluding hydrogens is 144 g/mol. The van der Waals surface area contributed by atoms with E-state index in [4.69, 9.17) is 10.2 Å². The van der Waals surface area contributed by atoms with Crippen LogP contribution in [0, 0.1) is 0 Å². The Morgan fingerprint density at radius 3 is 2.27 bits per heavy atom. The lowest BCUT2D eigenvalue weighted by Crippen LogP contribution is -2.24. The highest BCUT2D eigenvalue weighted by molar-refractivity contribution is 4.79. The number of hydrogen-bond acceptors (Lipinski definition) is 4. The van der Waals surface area contributed by atoms with E-state index in [9.17, 15) is 0 Å². The first-order valence-corrected chi connectivity index (χ1v) is 3.85. The van der Waals surface area contributed by atoms with Crippen molar-refractivity contribution in [2.45, 2.75) is 18.6 Å². The lowest BCUT2D eigenvalue weighted by Gasteiger charge is -2.01. The number of rotatable bonds is 1. The Hall–Kier alpha value is -0.160. The van der Waals surface area contributed by atoms with Crippen molar-refractivity contribution in [2.75, 3.05) is 27.2 Å². The Morgan fingerprint density at radius 1 is 1.55 bits per heavy atom. The maximum Gasteiger partial charge on any atom is 0.0680 e. The number of aliphatic hydroxyl groups excluding tert-OH is 2. The third-order valence-electron chi connectivity index (χ3n) is 1.42. The summed E-state index contributed by atoms with van der Waals surface area (Å²) in [6.45, 7) is 0.766. The molecule has 1 heterocycles. The topological polar surface area (TPSA) is 64.5 Å². The summed E-state index contributed by atoms with van der Waals surface area (Å²) in [7, 11) is 3.75. The number of aliphatic hydroxyl groups is 2.